The van der Waals surface area contributed by atoms with E-state index in [9.17, 15) is 9.59 Å². The van der Waals surface area contributed by atoms with Crippen molar-refractivity contribution >= 4 is 17.5 Å². The van der Waals surface area contributed by atoms with Crippen molar-refractivity contribution in [2.75, 3.05) is 39.3 Å². The number of anilines is 1. The van der Waals surface area contributed by atoms with Gasteiger partial charge < -0.3 is 29.6 Å². The molecule has 0 aromatic heterocycles. The number of amides is 2. The van der Waals surface area contributed by atoms with Crippen molar-refractivity contribution in [2.24, 2.45) is 0 Å². The fraction of sp³-hybridized carbons (Fsp3) is 0.364. The molecule has 2 N–H and O–H groups in total. The van der Waals surface area contributed by atoms with E-state index in [1.54, 1.807) is 42.5 Å². The van der Waals surface area contributed by atoms with Gasteiger partial charge in [-0.15, -0.1) is 0 Å². The van der Waals surface area contributed by atoms with Crippen LogP contribution in [0.3, 0.4) is 0 Å². The Morgan fingerprint density at radius 2 is 1.77 bits per heavy atom. The van der Waals surface area contributed by atoms with Gasteiger partial charge >= 0.3 is 0 Å². The summed E-state index contributed by atoms with van der Waals surface area (Å²) < 4.78 is 21.4. The van der Waals surface area contributed by atoms with Crippen LogP contribution in [0.4, 0.5) is 5.69 Å². The molecule has 2 aromatic carbocycles. The molecular formula is C22H26N2O6. The fourth-order valence-corrected chi connectivity index (χ4v) is 3.10. The first-order valence-electron chi connectivity index (χ1n) is 9.73. The number of benzene rings is 2. The van der Waals surface area contributed by atoms with Crippen molar-refractivity contribution in [1.29, 1.82) is 0 Å². The largest absolute Gasteiger partial charge is 0.496 e. The molecule has 0 bridgehead atoms. The number of carbonyl (C=O) groups is 2. The average Bonchev–Trinajstić information content (AvgIpc) is 3.30. The summed E-state index contributed by atoms with van der Waals surface area (Å²) in [5, 5.41) is 5.59. The van der Waals surface area contributed by atoms with Crippen LogP contribution in [-0.4, -0.2) is 51.9 Å². The SMILES string of the molecule is COc1cc(OC)cc(OCC(=O)Nc2ccccc2C(=O)NCC2CCCO2)c1. The minimum Gasteiger partial charge on any atom is -0.496 e. The second-order valence-electron chi connectivity index (χ2n) is 6.78. The molecular weight excluding hydrogens is 388 g/mol. The second-order valence-corrected chi connectivity index (χ2v) is 6.78. The molecule has 1 aliphatic heterocycles. The van der Waals surface area contributed by atoms with Gasteiger partial charge in [0.15, 0.2) is 6.61 Å². The molecule has 1 aliphatic rings. The molecule has 8 nitrogen and oxygen atoms in total. The van der Waals surface area contributed by atoms with Gasteiger partial charge in [0.2, 0.25) is 0 Å². The lowest BCUT2D eigenvalue weighted by Gasteiger charge is -2.14. The highest BCUT2D eigenvalue weighted by Gasteiger charge is 2.18. The molecule has 3 rings (SSSR count). The van der Waals surface area contributed by atoms with Crippen molar-refractivity contribution in [3.63, 3.8) is 0 Å². The van der Waals surface area contributed by atoms with E-state index in [2.05, 4.69) is 10.6 Å². The molecule has 0 radical (unpaired) electrons. The van der Waals surface area contributed by atoms with Crippen LogP contribution in [0.5, 0.6) is 17.2 Å². The van der Waals surface area contributed by atoms with E-state index >= 15 is 0 Å². The van der Waals surface area contributed by atoms with Gasteiger partial charge in [-0.25, -0.2) is 0 Å². The van der Waals surface area contributed by atoms with Crippen molar-refractivity contribution < 1.29 is 28.5 Å². The summed E-state index contributed by atoms with van der Waals surface area (Å²) in [5.74, 6) is 0.885. The Hall–Kier alpha value is -3.26. The van der Waals surface area contributed by atoms with E-state index in [-0.39, 0.29) is 18.6 Å². The number of carbonyl (C=O) groups excluding carboxylic acids is 2. The molecule has 2 amide bonds. The van der Waals surface area contributed by atoms with E-state index < -0.39 is 5.91 Å². The topological polar surface area (TPSA) is 95.1 Å². The summed E-state index contributed by atoms with van der Waals surface area (Å²) in [6.45, 7) is 0.941. The second kappa shape index (κ2) is 10.5. The van der Waals surface area contributed by atoms with Crippen LogP contribution >= 0.6 is 0 Å². The summed E-state index contributed by atoms with van der Waals surface area (Å²) in [5.41, 5.74) is 0.797. The molecule has 1 unspecified atom stereocenters. The quantitative estimate of drug-likeness (QED) is 0.655. The van der Waals surface area contributed by atoms with Crippen LogP contribution < -0.4 is 24.8 Å². The zero-order valence-corrected chi connectivity index (χ0v) is 17.1. The number of hydrogen-bond donors (Lipinski definition) is 2. The summed E-state index contributed by atoms with van der Waals surface area (Å²) in [7, 11) is 3.07. The highest BCUT2D eigenvalue weighted by Crippen LogP contribution is 2.27. The smallest absolute Gasteiger partial charge is 0.262 e. The van der Waals surface area contributed by atoms with E-state index in [0.29, 0.717) is 35.0 Å². The Kier molecular flexibility index (Phi) is 7.51. The summed E-state index contributed by atoms with van der Waals surface area (Å²) in [6.07, 6.45) is 1.99. The third-order valence-corrected chi connectivity index (χ3v) is 4.65. The van der Waals surface area contributed by atoms with E-state index in [0.717, 1.165) is 19.4 Å². The van der Waals surface area contributed by atoms with Crippen molar-refractivity contribution in [1.82, 2.24) is 5.32 Å². The van der Waals surface area contributed by atoms with Crippen LogP contribution in [0.1, 0.15) is 23.2 Å². The predicted octanol–water partition coefficient (Wildman–Crippen LogP) is 2.63. The number of para-hydroxylation sites is 1. The first-order valence-corrected chi connectivity index (χ1v) is 9.73. The van der Waals surface area contributed by atoms with Gasteiger partial charge in [-0.2, -0.15) is 0 Å². The third kappa shape index (κ3) is 5.87. The predicted molar refractivity (Wildman–Crippen MR) is 111 cm³/mol. The maximum absolute atomic E-state index is 12.5. The van der Waals surface area contributed by atoms with Gasteiger partial charge in [0.1, 0.15) is 17.2 Å². The fourth-order valence-electron chi connectivity index (χ4n) is 3.10. The zero-order valence-electron chi connectivity index (χ0n) is 17.1. The summed E-state index contributed by atoms with van der Waals surface area (Å²) >= 11 is 0. The summed E-state index contributed by atoms with van der Waals surface area (Å²) in [6, 6.07) is 11.8. The highest BCUT2D eigenvalue weighted by atomic mass is 16.5. The Bertz CT molecular complexity index is 857. The van der Waals surface area contributed by atoms with Crippen molar-refractivity contribution in [3.05, 3.63) is 48.0 Å². The maximum atomic E-state index is 12.5. The third-order valence-electron chi connectivity index (χ3n) is 4.65. The zero-order chi connectivity index (χ0) is 21.3. The molecule has 2 aromatic rings. The van der Waals surface area contributed by atoms with Crippen molar-refractivity contribution in [3.8, 4) is 17.2 Å². The number of nitrogens with one attached hydrogen (secondary N) is 2. The lowest BCUT2D eigenvalue weighted by molar-refractivity contribution is -0.118. The van der Waals surface area contributed by atoms with Crippen LogP contribution in [0.15, 0.2) is 42.5 Å². The molecule has 8 heteroatoms. The number of hydrogen-bond acceptors (Lipinski definition) is 6. The maximum Gasteiger partial charge on any atom is 0.262 e. The molecule has 1 heterocycles. The molecule has 30 heavy (non-hydrogen) atoms. The first kappa shape index (κ1) is 21.4. The molecule has 1 atom stereocenters. The Labute approximate surface area is 175 Å². The Balaban J connectivity index is 1.58. The van der Waals surface area contributed by atoms with Gasteiger partial charge in [0.05, 0.1) is 31.6 Å². The average molecular weight is 414 g/mol. The normalized spacial score (nSPS) is 15.3. The van der Waals surface area contributed by atoms with Gasteiger partial charge in [-0.1, -0.05) is 12.1 Å². The first-order chi connectivity index (χ1) is 14.6. The van der Waals surface area contributed by atoms with Crippen LogP contribution in [0.25, 0.3) is 0 Å². The highest BCUT2D eigenvalue weighted by molar-refractivity contribution is 6.04. The number of methoxy groups -OCH3 is 2. The molecule has 160 valence electrons. The number of ether oxygens (including phenoxy) is 4. The van der Waals surface area contributed by atoms with Crippen molar-refractivity contribution in [2.45, 2.75) is 18.9 Å². The van der Waals surface area contributed by atoms with Crippen LogP contribution in [-0.2, 0) is 9.53 Å². The minimum atomic E-state index is -0.392. The molecule has 0 spiro atoms. The van der Waals surface area contributed by atoms with Crippen LogP contribution in [0.2, 0.25) is 0 Å². The lowest BCUT2D eigenvalue weighted by atomic mass is 10.1. The van der Waals surface area contributed by atoms with Gasteiger partial charge in [0, 0.05) is 31.4 Å². The lowest BCUT2D eigenvalue weighted by Crippen LogP contribution is -2.32. The number of rotatable bonds is 9. The molecule has 1 fully saturated rings. The van der Waals surface area contributed by atoms with E-state index in [1.807, 2.05) is 0 Å². The van der Waals surface area contributed by atoms with Gasteiger partial charge in [-0.3, -0.25) is 9.59 Å². The Morgan fingerprint density at radius 1 is 1.07 bits per heavy atom. The minimum absolute atomic E-state index is 0.0453. The van der Waals surface area contributed by atoms with E-state index in [4.69, 9.17) is 18.9 Å². The molecule has 0 saturated carbocycles. The van der Waals surface area contributed by atoms with Crippen LogP contribution in [0, 0.1) is 0 Å². The van der Waals surface area contributed by atoms with Gasteiger partial charge in [-0.05, 0) is 25.0 Å². The van der Waals surface area contributed by atoms with Gasteiger partial charge in [0.25, 0.3) is 11.8 Å². The standard InChI is InChI=1S/C22H26N2O6/c1-27-16-10-17(28-2)12-18(11-16)30-14-21(25)24-20-8-4-3-7-19(20)22(26)23-13-15-6-5-9-29-15/h3-4,7-8,10-12,15H,5-6,9,13-14H2,1-2H3,(H,23,26)(H,24,25). The summed E-state index contributed by atoms with van der Waals surface area (Å²) in [4.78, 5) is 24.9. The van der Waals surface area contributed by atoms with E-state index in [1.165, 1.54) is 14.2 Å². The molecule has 1 saturated heterocycles. The Morgan fingerprint density at radius 3 is 2.43 bits per heavy atom. The monoisotopic (exact) mass is 414 g/mol. The molecule has 0 aliphatic carbocycles.